The van der Waals surface area contributed by atoms with E-state index in [2.05, 4.69) is 24.0 Å². The van der Waals surface area contributed by atoms with Gasteiger partial charge in [-0.05, 0) is 66.9 Å². The first-order chi connectivity index (χ1) is 15.0. The van der Waals surface area contributed by atoms with E-state index in [1.807, 2.05) is 43.3 Å². The number of aliphatic hydroxyl groups is 1. The van der Waals surface area contributed by atoms with Crippen LogP contribution in [0.1, 0.15) is 30.2 Å². The van der Waals surface area contributed by atoms with Gasteiger partial charge < -0.3 is 19.0 Å². The molecular formula is C25H30ClNO4. The maximum atomic E-state index is 10.6. The number of halogens is 1. The molecule has 0 amide bonds. The van der Waals surface area contributed by atoms with E-state index in [-0.39, 0.29) is 6.61 Å². The van der Waals surface area contributed by atoms with Gasteiger partial charge in [0.15, 0.2) is 0 Å². The SMILES string of the molecule is CCCOc1ccc(CN(Cc2ccco2)CC(O)COc2ccc(Cl)c(C)c2)cc1. The standard InChI is InChI=1S/C25H30ClNO4/c1-3-12-29-22-8-6-20(7-9-22)15-27(17-24-5-4-13-30-24)16-21(28)18-31-23-10-11-25(26)19(2)14-23/h4-11,13-14,21,28H,3,12,15-18H2,1-2H3. The highest BCUT2D eigenvalue weighted by Crippen LogP contribution is 2.21. The van der Waals surface area contributed by atoms with Crippen molar-refractivity contribution in [3.05, 3.63) is 82.8 Å². The molecule has 0 aliphatic rings. The lowest BCUT2D eigenvalue weighted by molar-refractivity contribution is 0.0604. The lowest BCUT2D eigenvalue weighted by Crippen LogP contribution is -2.35. The molecule has 2 aromatic carbocycles. The fourth-order valence-electron chi connectivity index (χ4n) is 3.23. The van der Waals surface area contributed by atoms with Crippen LogP contribution in [-0.4, -0.2) is 35.9 Å². The zero-order valence-corrected chi connectivity index (χ0v) is 18.8. The van der Waals surface area contributed by atoms with Crippen molar-refractivity contribution in [1.82, 2.24) is 4.90 Å². The molecule has 0 radical (unpaired) electrons. The van der Waals surface area contributed by atoms with Crippen LogP contribution in [0, 0.1) is 6.92 Å². The molecule has 0 spiro atoms. The highest BCUT2D eigenvalue weighted by atomic mass is 35.5. The maximum absolute atomic E-state index is 10.6. The molecule has 166 valence electrons. The minimum Gasteiger partial charge on any atom is -0.494 e. The van der Waals surface area contributed by atoms with E-state index < -0.39 is 6.10 Å². The third-order valence-corrected chi connectivity index (χ3v) is 5.23. The van der Waals surface area contributed by atoms with Gasteiger partial charge in [-0.2, -0.15) is 0 Å². The summed E-state index contributed by atoms with van der Waals surface area (Å²) in [6.45, 7) is 6.63. The van der Waals surface area contributed by atoms with Crippen molar-refractivity contribution in [2.45, 2.75) is 39.5 Å². The summed E-state index contributed by atoms with van der Waals surface area (Å²) < 4.78 is 16.9. The molecule has 1 heterocycles. The van der Waals surface area contributed by atoms with E-state index in [0.717, 1.165) is 29.1 Å². The van der Waals surface area contributed by atoms with Gasteiger partial charge in [-0.25, -0.2) is 0 Å². The van der Waals surface area contributed by atoms with Gasteiger partial charge in [0, 0.05) is 18.1 Å². The zero-order chi connectivity index (χ0) is 22.1. The number of aryl methyl sites for hydroxylation is 1. The number of furan rings is 1. The van der Waals surface area contributed by atoms with Crippen molar-refractivity contribution in [3.63, 3.8) is 0 Å². The Kier molecular flexibility index (Phi) is 8.83. The van der Waals surface area contributed by atoms with Crippen LogP contribution < -0.4 is 9.47 Å². The van der Waals surface area contributed by atoms with Crippen molar-refractivity contribution in [3.8, 4) is 11.5 Å². The molecule has 3 rings (SSSR count). The van der Waals surface area contributed by atoms with Crippen LogP contribution >= 0.6 is 11.6 Å². The molecule has 3 aromatic rings. The number of rotatable bonds is 12. The number of ether oxygens (including phenoxy) is 2. The average Bonchev–Trinajstić information content (AvgIpc) is 3.27. The minimum atomic E-state index is -0.655. The molecule has 0 saturated heterocycles. The largest absolute Gasteiger partial charge is 0.494 e. The van der Waals surface area contributed by atoms with E-state index >= 15 is 0 Å². The lowest BCUT2D eigenvalue weighted by Gasteiger charge is -2.24. The van der Waals surface area contributed by atoms with Crippen molar-refractivity contribution in [1.29, 1.82) is 0 Å². The normalized spacial score (nSPS) is 12.2. The summed E-state index contributed by atoms with van der Waals surface area (Å²) in [5, 5.41) is 11.3. The molecule has 6 heteroatoms. The number of benzene rings is 2. The maximum Gasteiger partial charge on any atom is 0.119 e. The molecule has 1 N–H and O–H groups in total. The lowest BCUT2D eigenvalue weighted by atomic mass is 10.2. The Morgan fingerprint density at radius 3 is 2.48 bits per heavy atom. The van der Waals surface area contributed by atoms with Crippen LogP contribution in [-0.2, 0) is 13.1 Å². The van der Waals surface area contributed by atoms with Gasteiger partial charge in [-0.15, -0.1) is 0 Å². The predicted molar refractivity (Wildman–Crippen MR) is 123 cm³/mol. The quantitative estimate of drug-likeness (QED) is 0.402. The zero-order valence-electron chi connectivity index (χ0n) is 18.1. The second-order valence-electron chi connectivity index (χ2n) is 7.62. The topological polar surface area (TPSA) is 55.1 Å². The van der Waals surface area contributed by atoms with Crippen LogP contribution in [0.15, 0.2) is 65.3 Å². The molecule has 0 fully saturated rings. The molecule has 1 atom stereocenters. The number of hydrogen-bond donors (Lipinski definition) is 1. The molecule has 0 aliphatic carbocycles. The first kappa shape index (κ1) is 23.2. The van der Waals surface area contributed by atoms with E-state index in [1.165, 1.54) is 0 Å². The van der Waals surface area contributed by atoms with Crippen molar-refractivity contribution < 1.29 is 19.0 Å². The van der Waals surface area contributed by atoms with E-state index in [0.29, 0.717) is 37.0 Å². The Bertz CT molecular complexity index is 912. The second-order valence-corrected chi connectivity index (χ2v) is 8.02. The van der Waals surface area contributed by atoms with Crippen molar-refractivity contribution in [2.24, 2.45) is 0 Å². The van der Waals surface area contributed by atoms with Gasteiger partial charge in [0.1, 0.15) is 30.0 Å². The molecule has 1 unspecified atom stereocenters. The Morgan fingerprint density at radius 1 is 1.03 bits per heavy atom. The van der Waals surface area contributed by atoms with Crippen LogP contribution in [0.3, 0.4) is 0 Å². The van der Waals surface area contributed by atoms with E-state index in [1.54, 1.807) is 12.3 Å². The van der Waals surface area contributed by atoms with Gasteiger partial charge in [-0.3, -0.25) is 4.90 Å². The summed E-state index contributed by atoms with van der Waals surface area (Å²) in [6, 6.07) is 17.4. The Balaban J connectivity index is 1.59. The summed E-state index contributed by atoms with van der Waals surface area (Å²) in [7, 11) is 0. The summed E-state index contributed by atoms with van der Waals surface area (Å²) >= 11 is 6.06. The molecule has 31 heavy (non-hydrogen) atoms. The van der Waals surface area contributed by atoms with Crippen molar-refractivity contribution in [2.75, 3.05) is 19.8 Å². The number of aliphatic hydroxyl groups excluding tert-OH is 1. The molecule has 0 bridgehead atoms. The van der Waals surface area contributed by atoms with Crippen LogP contribution in [0.2, 0.25) is 5.02 Å². The predicted octanol–water partition coefficient (Wildman–Crippen LogP) is 5.47. The van der Waals surface area contributed by atoms with Gasteiger partial charge in [0.05, 0.1) is 19.4 Å². The smallest absolute Gasteiger partial charge is 0.119 e. The highest BCUT2D eigenvalue weighted by molar-refractivity contribution is 6.31. The van der Waals surface area contributed by atoms with Gasteiger partial charge in [-0.1, -0.05) is 30.7 Å². The monoisotopic (exact) mass is 443 g/mol. The van der Waals surface area contributed by atoms with Crippen LogP contribution in [0.25, 0.3) is 0 Å². The fraction of sp³-hybridized carbons (Fsp3) is 0.360. The minimum absolute atomic E-state index is 0.194. The third kappa shape index (κ3) is 7.62. The molecule has 1 aromatic heterocycles. The van der Waals surface area contributed by atoms with E-state index in [4.69, 9.17) is 25.5 Å². The molecule has 0 aliphatic heterocycles. The van der Waals surface area contributed by atoms with Gasteiger partial charge in [0.25, 0.3) is 0 Å². The summed E-state index contributed by atoms with van der Waals surface area (Å²) in [5.41, 5.74) is 2.08. The average molecular weight is 444 g/mol. The van der Waals surface area contributed by atoms with Crippen LogP contribution in [0.5, 0.6) is 11.5 Å². The van der Waals surface area contributed by atoms with Gasteiger partial charge >= 0.3 is 0 Å². The molecule has 0 saturated carbocycles. The first-order valence-corrected chi connectivity index (χ1v) is 10.9. The fourth-order valence-corrected chi connectivity index (χ4v) is 3.34. The second kappa shape index (κ2) is 11.8. The van der Waals surface area contributed by atoms with Crippen LogP contribution in [0.4, 0.5) is 0 Å². The number of nitrogens with zero attached hydrogens (tertiary/aromatic N) is 1. The Hall–Kier alpha value is -2.47. The number of hydrogen-bond acceptors (Lipinski definition) is 5. The third-order valence-electron chi connectivity index (χ3n) is 4.80. The Morgan fingerprint density at radius 2 is 1.81 bits per heavy atom. The highest BCUT2D eigenvalue weighted by Gasteiger charge is 2.15. The molecular weight excluding hydrogens is 414 g/mol. The Labute approximate surface area is 189 Å². The summed E-state index contributed by atoms with van der Waals surface area (Å²) in [5.74, 6) is 2.42. The summed E-state index contributed by atoms with van der Waals surface area (Å²) in [4.78, 5) is 2.14. The molecule has 5 nitrogen and oxygen atoms in total. The summed E-state index contributed by atoms with van der Waals surface area (Å²) in [6.07, 6.45) is 1.99. The van der Waals surface area contributed by atoms with Gasteiger partial charge in [0.2, 0.25) is 0 Å². The van der Waals surface area contributed by atoms with E-state index in [9.17, 15) is 5.11 Å². The first-order valence-electron chi connectivity index (χ1n) is 10.6. The van der Waals surface area contributed by atoms with Crippen molar-refractivity contribution >= 4 is 11.6 Å².